The van der Waals surface area contributed by atoms with Crippen molar-refractivity contribution in [2.75, 3.05) is 18.0 Å². The monoisotopic (exact) mass is 481 g/mol. The number of hydrogen-bond acceptors (Lipinski definition) is 4. The highest BCUT2D eigenvalue weighted by Crippen LogP contribution is 2.28. The van der Waals surface area contributed by atoms with Crippen molar-refractivity contribution in [2.24, 2.45) is 5.92 Å². The highest BCUT2D eigenvalue weighted by atomic mass is 35.5. The fourth-order valence-corrected chi connectivity index (χ4v) is 4.48. The van der Waals surface area contributed by atoms with Gasteiger partial charge in [0.15, 0.2) is 5.82 Å². The number of aromatic nitrogens is 3. The van der Waals surface area contributed by atoms with Crippen LogP contribution in [-0.2, 0) is 11.3 Å². The third kappa shape index (κ3) is 4.59. The van der Waals surface area contributed by atoms with E-state index in [0.717, 1.165) is 47.5 Å². The molecule has 1 N–H and O–H groups in total. The van der Waals surface area contributed by atoms with E-state index in [4.69, 9.17) is 11.6 Å². The van der Waals surface area contributed by atoms with Gasteiger partial charge in [0.1, 0.15) is 17.2 Å². The molecule has 0 spiro atoms. The Bertz CT molecular complexity index is 1340. The molecule has 174 valence electrons. The van der Waals surface area contributed by atoms with Crippen molar-refractivity contribution in [2.45, 2.75) is 19.4 Å². The van der Waals surface area contributed by atoms with Crippen molar-refractivity contribution >= 4 is 28.8 Å². The number of hydrogen-bond donors (Lipinski definition) is 1. The summed E-state index contributed by atoms with van der Waals surface area (Å²) < 4.78 is 28.4. The number of piperidine rings is 1. The molecular weight excluding hydrogens is 460 g/mol. The Kier molecular flexibility index (Phi) is 6.15. The Morgan fingerprint density at radius 2 is 1.97 bits per heavy atom. The Morgan fingerprint density at radius 3 is 2.76 bits per heavy atom. The average molecular weight is 482 g/mol. The maximum absolute atomic E-state index is 13.4. The number of benzene rings is 2. The van der Waals surface area contributed by atoms with Crippen molar-refractivity contribution in [3.63, 3.8) is 0 Å². The highest BCUT2D eigenvalue weighted by molar-refractivity contribution is 6.30. The van der Waals surface area contributed by atoms with E-state index in [2.05, 4.69) is 20.3 Å². The van der Waals surface area contributed by atoms with Gasteiger partial charge in [-0.15, -0.1) is 0 Å². The van der Waals surface area contributed by atoms with E-state index >= 15 is 0 Å². The molecule has 3 heterocycles. The third-order valence-electron chi connectivity index (χ3n) is 6.05. The summed E-state index contributed by atoms with van der Waals surface area (Å²) in [5.74, 6) is -0.283. The number of rotatable bonds is 5. The van der Waals surface area contributed by atoms with Crippen LogP contribution in [0.2, 0.25) is 5.02 Å². The van der Waals surface area contributed by atoms with Gasteiger partial charge >= 0.3 is 0 Å². The van der Waals surface area contributed by atoms with Crippen LogP contribution in [-0.4, -0.2) is 33.6 Å². The van der Waals surface area contributed by atoms with E-state index in [9.17, 15) is 13.6 Å². The maximum atomic E-state index is 13.4. The lowest BCUT2D eigenvalue weighted by Gasteiger charge is -2.33. The van der Waals surface area contributed by atoms with E-state index in [1.165, 1.54) is 24.3 Å². The topological polar surface area (TPSA) is 62.5 Å². The molecule has 1 amide bonds. The van der Waals surface area contributed by atoms with Gasteiger partial charge < -0.3 is 10.2 Å². The second kappa shape index (κ2) is 9.38. The lowest BCUT2D eigenvalue weighted by molar-refractivity contribution is -0.125. The van der Waals surface area contributed by atoms with Gasteiger partial charge in [-0.3, -0.25) is 4.79 Å². The first-order valence-electron chi connectivity index (χ1n) is 11.0. The molecule has 1 fully saturated rings. The fourth-order valence-electron chi connectivity index (χ4n) is 4.28. The molecule has 4 aromatic rings. The molecule has 1 aliphatic rings. The number of carbonyl (C=O) groups excluding carboxylic acids is 1. The van der Waals surface area contributed by atoms with Crippen molar-refractivity contribution in [3.05, 3.63) is 83.1 Å². The Labute approximate surface area is 200 Å². The van der Waals surface area contributed by atoms with Crippen LogP contribution in [0.25, 0.3) is 16.8 Å². The van der Waals surface area contributed by atoms with Gasteiger partial charge in [0.05, 0.1) is 16.6 Å². The molecule has 2 aromatic heterocycles. The number of halogens is 3. The van der Waals surface area contributed by atoms with Gasteiger partial charge in [-0.05, 0) is 60.9 Å². The highest BCUT2D eigenvalue weighted by Gasteiger charge is 2.27. The Morgan fingerprint density at radius 1 is 1.15 bits per heavy atom. The molecule has 9 heteroatoms. The van der Waals surface area contributed by atoms with Gasteiger partial charge in [-0.1, -0.05) is 17.7 Å². The summed E-state index contributed by atoms with van der Waals surface area (Å²) in [6.45, 7) is 1.59. The minimum absolute atomic E-state index is 0.0376. The smallest absolute Gasteiger partial charge is 0.225 e. The predicted octanol–water partition coefficient (Wildman–Crippen LogP) is 4.86. The summed E-state index contributed by atoms with van der Waals surface area (Å²) in [6, 6.07) is 12.6. The Hall–Kier alpha value is -3.52. The quantitative estimate of drug-likeness (QED) is 0.442. The second-order valence-corrected chi connectivity index (χ2v) is 8.78. The summed E-state index contributed by atoms with van der Waals surface area (Å²) in [6.07, 6.45) is 5.08. The minimum Gasteiger partial charge on any atom is -0.354 e. The summed E-state index contributed by atoms with van der Waals surface area (Å²) in [5, 5.41) is 7.59. The van der Waals surface area contributed by atoms with Crippen LogP contribution < -0.4 is 10.2 Å². The number of amides is 1. The number of anilines is 1. The van der Waals surface area contributed by atoms with Gasteiger partial charge in [-0.2, -0.15) is 5.10 Å². The number of nitrogens with zero attached hydrogens (tertiary/aromatic N) is 4. The summed E-state index contributed by atoms with van der Waals surface area (Å²) in [5.41, 5.74) is 3.10. The van der Waals surface area contributed by atoms with Crippen molar-refractivity contribution in [1.29, 1.82) is 0 Å². The third-order valence-corrected chi connectivity index (χ3v) is 6.34. The van der Waals surface area contributed by atoms with Crippen molar-refractivity contribution < 1.29 is 13.6 Å². The molecule has 2 aromatic carbocycles. The van der Waals surface area contributed by atoms with Crippen molar-refractivity contribution in [3.8, 4) is 11.3 Å². The first-order chi connectivity index (χ1) is 16.5. The molecule has 6 nitrogen and oxygen atoms in total. The van der Waals surface area contributed by atoms with E-state index in [0.29, 0.717) is 6.54 Å². The lowest BCUT2D eigenvalue weighted by atomic mass is 9.97. The second-order valence-electron chi connectivity index (χ2n) is 8.37. The molecule has 0 radical (unpaired) electrons. The molecule has 0 bridgehead atoms. The number of carbonyl (C=O) groups is 1. The summed E-state index contributed by atoms with van der Waals surface area (Å²) in [7, 11) is 0. The van der Waals surface area contributed by atoms with Gasteiger partial charge in [0.2, 0.25) is 5.91 Å². The largest absolute Gasteiger partial charge is 0.354 e. The fraction of sp³-hybridized carbons (Fsp3) is 0.240. The average Bonchev–Trinajstić information content (AvgIpc) is 3.29. The first-order valence-corrected chi connectivity index (χ1v) is 11.4. The molecule has 1 saturated heterocycles. The lowest BCUT2D eigenvalue weighted by Crippen LogP contribution is -2.43. The van der Waals surface area contributed by atoms with E-state index in [1.54, 1.807) is 35.1 Å². The maximum Gasteiger partial charge on any atom is 0.225 e. The van der Waals surface area contributed by atoms with E-state index in [1.807, 2.05) is 6.07 Å². The molecule has 0 saturated carbocycles. The molecule has 34 heavy (non-hydrogen) atoms. The van der Waals surface area contributed by atoms with Crippen LogP contribution in [0.4, 0.5) is 14.6 Å². The van der Waals surface area contributed by atoms with Crippen molar-refractivity contribution in [1.82, 2.24) is 19.9 Å². The van der Waals surface area contributed by atoms with Crippen LogP contribution in [0.5, 0.6) is 0 Å². The summed E-state index contributed by atoms with van der Waals surface area (Å²) in [4.78, 5) is 19.6. The van der Waals surface area contributed by atoms with Crippen LogP contribution in [0.3, 0.4) is 0 Å². The van der Waals surface area contributed by atoms with Crippen LogP contribution in [0.15, 0.2) is 60.9 Å². The standard InChI is InChI=1S/C25H22ClF2N5O/c26-20-12-16(3-8-21(20)28)14-30-25(34)18-2-1-10-32(15-18)24-23-13-22(31-33(23)11-9-29-24)17-4-6-19(27)7-5-17/h3-9,11-13,18H,1-2,10,14-15H2,(H,30,34). The molecule has 0 aliphatic carbocycles. The molecule has 1 aliphatic heterocycles. The van der Waals surface area contributed by atoms with Crippen LogP contribution >= 0.6 is 11.6 Å². The van der Waals surface area contributed by atoms with Crippen LogP contribution in [0, 0.1) is 17.6 Å². The minimum atomic E-state index is -0.483. The zero-order chi connectivity index (χ0) is 23.7. The molecular formula is C25H22ClF2N5O. The van der Waals surface area contributed by atoms with E-state index < -0.39 is 5.82 Å². The SMILES string of the molecule is O=C(NCc1ccc(F)c(Cl)c1)C1CCCN(c2nccn3nc(-c4ccc(F)cc4)cc23)C1. The normalized spacial score (nSPS) is 16.1. The molecule has 5 rings (SSSR count). The zero-order valence-corrected chi connectivity index (χ0v) is 19.0. The van der Waals surface area contributed by atoms with Gasteiger partial charge in [-0.25, -0.2) is 18.3 Å². The van der Waals surface area contributed by atoms with Gasteiger partial charge in [0, 0.05) is 37.6 Å². The first kappa shape index (κ1) is 22.3. The number of fused-ring (bicyclic) bond motifs is 1. The summed E-state index contributed by atoms with van der Waals surface area (Å²) >= 11 is 5.84. The van der Waals surface area contributed by atoms with Gasteiger partial charge in [0.25, 0.3) is 0 Å². The Balaban J connectivity index is 1.31. The predicted molar refractivity (Wildman–Crippen MR) is 127 cm³/mol. The molecule has 1 atom stereocenters. The number of nitrogens with one attached hydrogen (secondary N) is 1. The molecule has 1 unspecified atom stereocenters. The van der Waals surface area contributed by atoms with Crippen LogP contribution in [0.1, 0.15) is 18.4 Å². The van der Waals surface area contributed by atoms with E-state index in [-0.39, 0.29) is 29.2 Å². The zero-order valence-electron chi connectivity index (χ0n) is 18.2.